The van der Waals surface area contributed by atoms with E-state index in [1.54, 1.807) is 18.2 Å². The van der Waals surface area contributed by atoms with Crippen molar-refractivity contribution < 1.29 is 14.3 Å². The number of carbonyl (C=O) groups is 2. The van der Waals surface area contributed by atoms with Crippen LogP contribution in [0.2, 0.25) is 5.02 Å². The molecule has 0 aliphatic carbocycles. The molecule has 3 aromatic rings. The van der Waals surface area contributed by atoms with Crippen molar-refractivity contribution in [3.05, 3.63) is 58.1 Å². The molecule has 0 radical (unpaired) electrons. The molecule has 2 N–H and O–H groups in total. The van der Waals surface area contributed by atoms with E-state index in [1.807, 2.05) is 18.2 Å². The fraction of sp³-hybridized carbons (Fsp3) is 0.111. The predicted molar refractivity (Wildman–Crippen MR) is 98.4 cm³/mol. The number of ketones is 1. The third-order valence-corrected chi connectivity index (χ3v) is 4.31. The lowest BCUT2D eigenvalue weighted by atomic mass is 9.92. The summed E-state index contributed by atoms with van der Waals surface area (Å²) in [5.41, 5.74) is 4.23. The Hall–Kier alpha value is -3.19. The van der Waals surface area contributed by atoms with Gasteiger partial charge in [0, 0.05) is 21.7 Å². The van der Waals surface area contributed by atoms with Gasteiger partial charge in [-0.15, -0.1) is 0 Å². The number of aliphatic imine (C=N–C) groups is 1. The number of anilines is 1. The molecule has 1 aromatic heterocycles. The number of H-pyrrole nitrogens is 1. The first kappa shape index (κ1) is 16.3. The largest absolute Gasteiger partial charge is 0.453 e. The second kappa shape index (κ2) is 6.27. The molecule has 1 aliphatic rings. The summed E-state index contributed by atoms with van der Waals surface area (Å²) in [6, 6.07) is 10.7. The highest BCUT2D eigenvalue weighted by atomic mass is 35.5. The highest BCUT2D eigenvalue weighted by Gasteiger charge is 2.22. The van der Waals surface area contributed by atoms with Crippen LogP contribution in [0.1, 0.15) is 21.5 Å². The number of amides is 1. The number of rotatable bonds is 2. The average Bonchev–Trinajstić information content (AvgIpc) is 3.03. The molecular weight excluding hydrogens is 356 g/mol. The third kappa shape index (κ3) is 2.82. The summed E-state index contributed by atoms with van der Waals surface area (Å²) < 4.78 is 4.56. The van der Waals surface area contributed by atoms with Crippen LogP contribution in [-0.2, 0) is 4.74 Å². The molecule has 2 heterocycles. The van der Waals surface area contributed by atoms with E-state index in [9.17, 15) is 9.59 Å². The van der Waals surface area contributed by atoms with Gasteiger partial charge in [0.1, 0.15) is 6.54 Å². The fourth-order valence-corrected chi connectivity index (χ4v) is 3.06. The van der Waals surface area contributed by atoms with Crippen molar-refractivity contribution in [3.8, 4) is 0 Å². The summed E-state index contributed by atoms with van der Waals surface area (Å²) in [7, 11) is 1.28. The van der Waals surface area contributed by atoms with E-state index in [2.05, 4.69) is 25.0 Å². The lowest BCUT2D eigenvalue weighted by molar-refractivity contribution is 0.1000. The minimum atomic E-state index is -0.608. The third-order valence-electron chi connectivity index (χ3n) is 4.08. The van der Waals surface area contributed by atoms with Crippen LogP contribution >= 0.6 is 11.6 Å². The average molecular weight is 369 g/mol. The van der Waals surface area contributed by atoms with Crippen molar-refractivity contribution in [3.63, 3.8) is 0 Å². The summed E-state index contributed by atoms with van der Waals surface area (Å²) in [5, 5.41) is 3.03. The molecule has 7 nitrogen and oxygen atoms in total. The van der Waals surface area contributed by atoms with E-state index in [0.717, 1.165) is 11.1 Å². The SMILES string of the molecule is COC(=O)Nc1nc2ccc(C3=NCC(=O)c4ccc(Cl)cc43)cc2[nH]1. The number of aromatic amines is 1. The maximum absolute atomic E-state index is 12.1. The smallest absolute Gasteiger partial charge is 0.413 e. The van der Waals surface area contributed by atoms with E-state index < -0.39 is 6.09 Å². The number of imidazole rings is 1. The summed E-state index contributed by atoms with van der Waals surface area (Å²) in [6.45, 7) is 0.0973. The van der Waals surface area contributed by atoms with Crippen molar-refractivity contribution in [2.45, 2.75) is 0 Å². The molecule has 1 aliphatic heterocycles. The van der Waals surface area contributed by atoms with Crippen LogP contribution in [0.25, 0.3) is 11.0 Å². The van der Waals surface area contributed by atoms with Gasteiger partial charge in [0.15, 0.2) is 5.78 Å². The number of ether oxygens (including phenoxy) is 1. The number of nitrogens with one attached hydrogen (secondary N) is 2. The Balaban J connectivity index is 1.76. The van der Waals surface area contributed by atoms with Crippen LogP contribution in [0.3, 0.4) is 0 Å². The summed E-state index contributed by atoms with van der Waals surface area (Å²) >= 11 is 6.10. The van der Waals surface area contributed by atoms with E-state index in [1.165, 1.54) is 7.11 Å². The van der Waals surface area contributed by atoms with Crippen LogP contribution in [0.4, 0.5) is 10.7 Å². The Bertz CT molecular complexity index is 1090. The minimum absolute atomic E-state index is 0.0346. The molecule has 1 amide bonds. The van der Waals surface area contributed by atoms with Gasteiger partial charge in [-0.3, -0.25) is 15.1 Å². The molecule has 0 saturated carbocycles. The van der Waals surface area contributed by atoms with Crippen LogP contribution in [0.5, 0.6) is 0 Å². The van der Waals surface area contributed by atoms with Gasteiger partial charge in [0.2, 0.25) is 5.95 Å². The Morgan fingerprint density at radius 2 is 2.08 bits per heavy atom. The predicted octanol–water partition coefficient (Wildman–Crippen LogP) is 3.43. The standard InChI is InChI=1S/C18H13ClN4O3/c1-26-18(25)23-17-21-13-5-2-9(6-14(13)22-17)16-12-7-10(19)3-4-11(12)15(24)8-20-16/h2-7H,8H2,1H3,(H2,21,22,23,25). The van der Waals surface area contributed by atoms with E-state index in [4.69, 9.17) is 11.6 Å². The topological polar surface area (TPSA) is 96.4 Å². The van der Waals surface area contributed by atoms with Crippen LogP contribution in [0, 0.1) is 0 Å². The number of aromatic nitrogens is 2. The highest BCUT2D eigenvalue weighted by Crippen LogP contribution is 2.26. The number of benzene rings is 2. The molecule has 0 fully saturated rings. The second-order valence-corrected chi connectivity index (χ2v) is 6.15. The number of hydrogen-bond acceptors (Lipinski definition) is 5. The van der Waals surface area contributed by atoms with E-state index in [0.29, 0.717) is 27.4 Å². The number of carbonyl (C=O) groups excluding carboxylic acids is 2. The zero-order valence-corrected chi connectivity index (χ0v) is 14.4. The number of nitrogens with zero attached hydrogens (tertiary/aromatic N) is 2. The molecule has 0 saturated heterocycles. The Morgan fingerprint density at radius 3 is 2.88 bits per heavy atom. The first-order chi connectivity index (χ1) is 12.5. The molecule has 4 rings (SSSR count). The summed E-state index contributed by atoms with van der Waals surface area (Å²) in [5.74, 6) is 0.251. The molecule has 130 valence electrons. The van der Waals surface area contributed by atoms with Gasteiger partial charge in [-0.05, 0) is 30.3 Å². The van der Waals surface area contributed by atoms with Crippen LogP contribution < -0.4 is 5.32 Å². The normalized spacial score (nSPS) is 13.3. The fourth-order valence-electron chi connectivity index (χ4n) is 2.89. The van der Waals surface area contributed by atoms with Crippen molar-refractivity contribution in [2.75, 3.05) is 19.0 Å². The number of methoxy groups -OCH3 is 1. The van der Waals surface area contributed by atoms with E-state index >= 15 is 0 Å². The molecule has 0 unspecified atom stereocenters. The van der Waals surface area contributed by atoms with Gasteiger partial charge in [-0.2, -0.15) is 0 Å². The Kier molecular flexibility index (Phi) is 3.93. The summed E-state index contributed by atoms with van der Waals surface area (Å²) in [4.78, 5) is 35.1. The lowest BCUT2D eigenvalue weighted by Gasteiger charge is -2.16. The lowest BCUT2D eigenvalue weighted by Crippen LogP contribution is -2.19. The number of hydrogen-bond donors (Lipinski definition) is 2. The number of Topliss-reactive ketones (excluding diaryl/α,β-unsaturated/α-hetero) is 1. The molecule has 0 spiro atoms. The Labute approximate surface area is 153 Å². The maximum Gasteiger partial charge on any atom is 0.413 e. The van der Waals surface area contributed by atoms with Crippen molar-refractivity contribution in [1.82, 2.24) is 9.97 Å². The monoisotopic (exact) mass is 368 g/mol. The molecule has 0 bridgehead atoms. The van der Waals surface area contributed by atoms with Gasteiger partial charge in [0.25, 0.3) is 0 Å². The first-order valence-corrected chi connectivity index (χ1v) is 8.15. The van der Waals surface area contributed by atoms with Gasteiger partial charge in [-0.1, -0.05) is 17.7 Å². The van der Waals surface area contributed by atoms with Crippen LogP contribution in [-0.4, -0.2) is 41.2 Å². The quantitative estimate of drug-likeness (QED) is 0.724. The molecule has 8 heteroatoms. The van der Waals surface area contributed by atoms with Gasteiger partial charge in [0.05, 0.1) is 23.9 Å². The number of halogens is 1. The zero-order valence-electron chi connectivity index (χ0n) is 13.7. The highest BCUT2D eigenvalue weighted by molar-refractivity contribution is 6.32. The number of fused-ring (bicyclic) bond motifs is 2. The molecule has 0 atom stereocenters. The maximum atomic E-state index is 12.1. The first-order valence-electron chi connectivity index (χ1n) is 7.78. The minimum Gasteiger partial charge on any atom is -0.453 e. The van der Waals surface area contributed by atoms with E-state index in [-0.39, 0.29) is 18.3 Å². The van der Waals surface area contributed by atoms with Crippen LogP contribution in [0.15, 0.2) is 41.4 Å². The van der Waals surface area contributed by atoms with Crippen molar-refractivity contribution >= 4 is 46.2 Å². The van der Waals surface area contributed by atoms with Gasteiger partial charge < -0.3 is 9.72 Å². The van der Waals surface area contributed by atoms with Crippen molar-refractivity contribution in [1.29, 1.82) is 0 Å². The van der Waals surface area contributed by atoms with Gasteiger partial charge in [-0.25, -0.2) is 9.78 Å². The zero-order chi connectivity index (χ0) is 18.3. The molecular formula is C18H13ClN4O3. The Morgan fingerprint density at radius 1 is 1.23 bits per heavy atom. The molecule has 26 heavy (non-hydrogen) atoms. The molecule has 2 aromatic carbocycles. The summed E-state index contributed by atoms with van der Waals surface area (Å²) in [6.07, 6.45) is -0.608. The van der Waals surface area contributed by atoms with Gasteiger partial charge >= 0.3 is 6.09 Å². The second-order valence-electron chi connectivity index (χ2n) is 5.71. The van der Waals surface area contributed by atoms with Crippen molar-refractivity contribution in [2.24, 2.45) is 4.99 Å².